The zero-order valence-electron chi connectivity index (χ0n) is 9.65. The Morgan fingerprint density at radius 1 is 1.56 bits per heavy atom. The Hall–Kier alpha value is -0.520. The molecule has 0 saturated heterocycles. The van der Waals surface area contributed by atoms with Crippen molar-refractivity contribution in [2.45, 2.75) is 44.8 Å². The van der Waals surface area contributed by atoms with Gasteiger partial charge >= 0.3 is 0 Å². The minimum Gasteiger partial charge on any atom is -0.389 e. The molecule has 1 aromatic heterocycles. The number of rotatable bonds is 4. The Balaban J connectivity index is 1.73. The minimum atomic E-state index is -0.504. The molecular formula is C11H19N3OS. The van der Waals surface area contributed by atoms with Crippen molar-refractivity contribution in [1.82, 2.24) is 14.9 Å². The van der Waals surface area contributed by atoms with E-state index in [1.807, 2.05) is 5.38 Å². The Kier molecular flexibility index (Phi) is 3.89. The molecule has 1 aliphatic rings. The average molecular weight is 241 g/mol. The second-order valence-electron chi connectivity index (χ2n) is 4.91. The van der Waals surface area contributed by atoms with E-state index in [1.54, 1.807) is 0 Å². The van der Waals surface area contributed by atoms with Gasteiger partial charge in [-0.1, -0.05) is 11.4 Å². The maximum atomic E-state index is 10.3. The molecule has 5 heteroatoms. The number of nitrogens with zero attached hydrogens (tertiary/aromatic N) is 2. The van der Waals surface area contributed by atoms with Gasteiger partial charge in [-0.15, -0.1) is 5.10 Å². The zero-order valence-corrected chi connectivity index (χ0v) is 10.5. The Morgan fingerprint density at radius 3 is 2.94 bits per heavy atom. The smallest absolute Gasteiger partial charge is 0.0893 e. The number of aliphatic hydroxyl groups is 1. The van der Waals surface area contributed by atoms with Crippen molar-refractivity contribution in [3.8, 4) is 0 Å². The molecule has 1 saturated carbocycles. The van der Waals surface area contributed by atoms with Crippen LogP contribution in [0.5, 0.6) is 0 Å². The third kappa shape index (κ3) is 3.23. The molecule has 0 atom stereocenters. The fourth-order valence-electron chi connectivity index (χ4n) is 2.16. The van der Waals surface area contributed by atoms with Crippen molar-refractivity contribution in [3.05, 3.63) is 11.1 Å². The van der Waals surface area contributed by atoms with Crippen molar-refractivity contribution in [1.29, 1.82) is 0 Å². The summed E-state index contributed by atoms with van der Waals surface area (Å²) in [7, 11) is 0. The van der Waals surface area contributed by atoms with Crippen LogP contribution in [0.15, 0.2) is 5.38 Å². The molecule has 0 spiro atoms. The molecular weight excluding hydrogens is 222 g/mol. The van der Waals surface area contributed by atoms with E-state index < -0.39 is 5.60 Å². The van der Waals surface area contributed by atoms with Crippen LogP contribution in [0.1, 0.15) is 38.3 Å². The number of hydrogen-bond acceptors (Lipinski definition) is 5. The molecule has 90 valence electrons. The number of nitrogens with one attached hydrogen (secondary N) is 1. The molecule has 1 aliphatic carbocycles. The largest absolute Gasteiger partial charge is 0.389 e. The van der Waals surface area contributed by atoms with Crippen molar-refractivity contribution in [2.24, 2.45) is 5.92 Å². The predicted molar refractivity (Wildman–Crippen MR) is 64.2 cm³/mol. The summed E-state index contributed by atoms with van der Waals surface area (Å²) in [5.41, 5.74) is 0.452. The van der Waals surface area contributed by atoms with Crippen LogP contribution in [0.2, 0.25) is 0 Å². The van der Waals surface area contributed by atoms with Gasteiger partial charge in [0.05, 0.1) is 11.3 Å². The molecule has 0 aromatic carbocycles. The van der Waals surface area contributed by atoms with Gasteiger partial charge in [0, 0.05) is 18.5 Å². The van der Waals surface area contributed by atoms with E-state index in [-0.39, 0.29) is 0 Å². The second-order valence-corrected chi connectivity index (χ2v) is 5.52. The molecule has 2 rings (SSSR count). The van der Waals surface area contributed by atoms with Crippen LogP contribution in [0.3, 0.4) is 0 Å². The van der Waals surface area contributed by atoms with Crippen LogP contribution in [-0.4, -0.2) is 26.8 Å². The summed E-state index contributed by atoms with van der Waals surface area (Å²) in [6.45, 7) is 3.62. The van der Waals surface area contributed by atoms with Crippen LogP contribution in [0, 0.1) is 5.92 Å². The highest BCUT2D eigenvalue weighted by Gasteiger charge is 2.31. The highest BCUT2D eigenvalue weighted by atomic mass is 32.1. The normalized spacial score (nSPS) is 30.5. The lowest BCUT2D eigenvalue weighted by atomic mass is 9.79. The predicted octanol–water partition coefficient (Wildman–Crippen LogP) is 1.57. The summed E-state index contributed by atoms with van der Waals surface area (Å²) < 4.78 is 3.80. The lowest BCUT2D eigenvalue weighted by Gasteiger charge is -2.35. The molecule has 0 amide bonds. The van der Waals surface area contributed by atoms with Crippen molar-refractivity contribution in [3.63, 3.8) is 0 Å². The Morgan fingerprint density at radius 2 is 2.31 bits per heavy atom. The molecule has 1 aromatic rings. The van der Waals surface area contributed by atoms with Gasteiger partial charge in [-0.25, -0.2) is 0 Å². The van der Waals surface area contributed by atoms with Gasteiger partial charge in [-0.2, -0.15) is 0 Å². The highest BCUT2D eigenvalue weighted by Crippen LogP contribution is 2.31. The molecule has 0 radical (unpaired) electrons. The first-order valence-corrected chi connectivity index (χ1v) is 6.71. The van der Waals surface area contributed by atoms with E-state index >= 15 is 0 Å². The van der Waals surface area contributed by atoms with Gasteiger partial charge < -0.3 is 10.4 Å². The summed E-state index contributed by atoms with van der Waals surface area (Å²) in [6.07, 6.45) is 4.10. The van der Waals surface area contributed by atoms with Crippen LogP contribution in [0.25, 0.3) is 0 Å². The Bertz CT molecular complexity index is 307. The van der Waals surface area contributed by atoms with Crippen LogP contribution < -0.4 is 5.32 Å². The highest BCUT2D eigenvalue weighted by molar-refractivity contribution is 7.03. The summed E-state index contributed by atoms with van der Waals surface area (Å²) in [5, 5.41) is 19.5. The third-order valence-corrected chi connectivity index (χ3v) is 3.92. The third-order valence-electron chi connectivity index (χ3n) is 3.37. The van der Waals surface area contributed by atoms with Crippen molar-refractivity contribution in [2.75, 3.05) is 6.54 Å². The van der Waals surface area contributed by atoms with Crippen LogP contribution >= 0.6 is 11.5 Å². The quantitative estimate of drug-likeness (QED) is 0.840. The average Bonchev–Trinajstić information content (AvgIpc) is 2.76. The lowest BCUT2D eigenvalue weighted by molar-refractivity contribution is -0.00635. The molecule has 0 bridgehead atoms. The van der Waals surface area contributed by atoms with Gasteiger partial charge in [-0.3, -0.25) is 0 Å². The SMILES string of the molecule is CC1CCC(O)(CNCc2csnn2)CC1. The monoisotopic (exact) mass is 241 g/mol. The van der Waals surface area contributed by atoms with Gasteiger partial charge in [0.15, 0.2) is 0 Å². The first-order chi connectivity index (χ1) is 7.68. The standard InChI is InChI=1S/C11H19N3OS/c1-9-2-4-11(15,5-3-9)8-12-6-10-7-16-14-13-10/h7,9,12,15H,2-6,8H2,1H3. The van der Waals surface area contributed by atoms with E-state index in [4.69, 9.17) is 0 Å². The van der Waals surface area contributed by atoms with Crippen molar-refractivity contribution < 1.29 is 5.11 Å². The molecule has 16 heavy (non-hydrogen) atoms. The van der Waals surface area contributed by atoms with E-state index in [1.165, 1.54) is 11.5 Å². The molecule has 0 aliphatic heterocycles. The zero-order chi connectivity index (χ0) is 11.4. The Labute approximate surface area is 100 Å². The fourth-order valence-corrected chi connectivity index (χ4v) is 2.61. The lowest BCUT2D eigenvalue weighted by Crippen LogP contribution is -2.43. The fraction of sp³-hybridized carbons (Fsp3) is 0.818. The van der Waals surface area contributed by atoms with Crippen LogP contribution in [-0.2, 0) is 6.54 Å². The summed E-state index contributed by atoms with van der Waals surface area (Å²) >= 11 is 1.36. The summed E-state index contributed by atoms with van der Waals surface area (Å²) in [5.74, 6) is 0.767. The molecule has 1 fully saturated rings. The topological polar surface area (TPSA) is 58.0 Å². The van der Waals surface area contributed by atoms with Crippen LogP contribution in [0.4, 0.5) is 0 Å². The maximum absolute atomic E-state index is 10.3. The first-order valence-electron chi connectivity index (χ1n) is 5.87. The van der Waals surface area contributed by atoms with Crippen molar-refractivity contribution >= 4 is 11.5 Å². The van der Waals surface area contributed by atoms with Gasteiger partial charge in [-0.05, 0) is 43.1 Å². The first kappa shape index (κ1) is 12.0. The summed E-state index contributed by atoms with van der Waals surface area (Å²) in [6, 6.07) is 0. The minimum absolute atomic E-state index is 0.504. The molecule has 2 N–H and O–H groups in total. The van der Waals surface area contributed by atoms with Gasteiger partial charge in [0.2, 0.25) is 0 Å². The maximum Gasteiger partial charge on any atom is 0.0893 e. The van der Waals surface area contributed by atoms with E-state index in [9.17, 15) is 5.11 Å². The molecule has 1 heterocycles. The second kappa shape index (κ2) is 5.21. The number of hydrogen-bond donors (Lipinski definition) is 2. The van der Waals surface area contributed by atoms with Gasteiger partial charge in [0.1, 0.15) is 0 Å². The summed E-state index contributed by atoms with van der Waals surface area (Å²) in [4.78, 5) is 0. The molecule has 0 unspecified atom stereocenters. The van der Waals surface area contributed by atoms with E-state index in [2.05, 4.69) is 21.8 Å². The van der Waals surface area contributed by atoms with E-state index in [0.29, 0.717) is 13.1 Å². The van der Waals surface area contributed by atoms with Gasteiger partial charge in [0.25, 0.3) is 0 Å². The molecule has 4 nitrogen and oxygen atoms in total. The van der Waals surface area contributed by atoms with E-state index in [0.717, 1.165) is 37.3 Å². The number of aromatic nitrogens is 2.